The van der Waals surface area contributed by atoms with E-state index in [4.69, 9.17) is 10.2 Å². The van der Waals surface area contributed by atoms with Gasteiger partial charge in [0.1, 0.15) is 0 Å². The summed E-state index contributed by atoms with van der Waals surface area (Å²) in [6, 6.07) is 13.4. The third kappa shape index (κ3) is 2.45. The summed E-state index contributed by atoms with van der Waals surface area (Å²) < 4.78 is 19.0. The average molecular weight is 283 g/mol. The van der Waals surface area contributed by atoms with Gasteiger partial charge in [0.15, 0.2) is 17.2 Å². The molecule has 0 unspecified atom stereocenters. The Hall–Kier alpha value is -2.46. The van der Waals surface area contributed by atoms with E-state index < -0.39 is 5.82 Å². The van der Waals surface area contributed by atoms with E-state index in [0.29, 0.717) is 23.9 Å². The number of ketones is 1. The lowest BCUT2D eigenvalue weighted by molar-refractivity contribution is 0.101. The maximum Gasteiger partial charge on any atom is 0.228 e. The molecule has 0 amide bonds. The molecule has 0 saturated carbocycles. The van der Waals surface area contributed by atoms with E-state index in [2.05, 4.69) is 0 Å². The van der Waals surface area contributed by atoms with Crippen LogP contribution in [0.3, 0.4) is 0 Å². The minimum Gasteiger partial charge on any atom is -0.449 e. The summed E-state index contributed by atoms with van der Waals surface area (Å²) in [5.41, 5.74) is 7.08. The molecule has 3 nitrogen and oxygen atoms in total. The van der Waals surface area contributed by atoms with Crippen LogP contribution >= 0.6 is 0 Å². The van der Waals surface area contributed by atoms with Gasteiger partial charge < -0.3 is 10.2 Å². The molecule has 0 fully saturated rings. The van der Waals surface area contributed by atoms with Gasteiger partial charge in [0, 0.05) is 10.9 Å². The number of fused-ring (bicyclic) bond motifs is 1. The van der Waals surface area contributed by atoms with E-state index in [0.717, 1.165) is 5.56 Å². The highest BCUT2D eigenvalue weighted by molar-refractivity contribution is 6.09. The molecule has 4 heteroatoms. The second-order valence-electron chi connectivity index (χ2n) is 4.79. The number of nitrogens with two attached hydrogens (primary N) is 1. The lowest BCUT2D eigenvalue weighted by atomic mass is 10.00. The predicted molar refractivity (Wildman–Crippen MR) is 78.8 cm³/mol. The first-order valence-electron chi connectivity index (χ1n) is 6.71. The smallest absolute Gasteiger partial charge is 0.228 e. The normalized spacial score (nSPS) is 11.0. The van der Waals surface area contributed by atoms with Crippen LogP contribution in [0.15, 0.2) is 52.9 Å². The fourth-order valence-electron chi connectivity index (χ4n) is 2.39. The molecule has 0 radical (unpaired) electrons. The Morgan fingerprint density at radius 2 is 1.95 bits per heavy atom. The van der Waals surface area contributed by atoms with Crippen LogP contribution in [0.1, 0.15) is 21.7 Å². The summed E-state index contributed by atoms with van der Waals surface area (Å²) in [7, 11) is 0. The molecule has 2 N–H and O–H groups in total. The van der Waals surface area contributed by atoms with Crippen molar-refractivity contribution in [2.75, 3.05) is 6.54 Å². The highest BCUT2D eigenvalue weighted by atomic mass is 19.1. The van der Waals surface area contributed by atoms with Crippen LogP contribution in [0.4, 0.5) is 4.39 Å². The zero-order chi connectivity index (χ0) is 14.8. The van der Waals surface area contributed by atoms with Crippen molar-refractivity contribution in [3.05, 3.63) is 71.2 Å². The van der Waals surface area contributed by atoms with Crippen LogP contribution in [0.2, 0.25) is 0 Å². The van der Waals surface area contributed by atoms with Crippen molar-refractivity contribution < 1.29 is 13.6 Å². The molecule has 1 heterocycles. The summed E-state index contributed by atoms with van der Waals surface area (Å²) in [6.45, 7) is 0.457. The number of carbonyl (C=O) groups is 1. The van der Waals surface area contributed by atoms with Gasteiger partial charge in [-0.15, -0.1) is 0 Å². The van der Waals surface area contributed by atoms with Gasteiger partial charge in [-0.05, 0) is 30.7 Å². The van der Waals surface area contributed by atoms with Crippen molar-refractivity contribution in [1.82, 2.24) is 0 Å². The van der Waals surface area contributed by atoms with Crippen molar-refractivity contribution in [2.24, 2.45) is 5.73 Å². The molecular formula is C17H14FNO2. The van der Waals surface area contributed by atoms with Crippen LogP contribution in [-0.2, 0) is 6.42 Å². The predicted octanol–water partition coefficient (Wildman–Crippen LogP) is 3.30. The molecule has 3 rings (SSSR count). The number of benzene rings is 2. The Balaban J connectivity index is 2.06. The number of para-hydroxylation sites is 1. The zero-order valence-corrected chi connectivity index (χ0v) is 11.3. The topological polar surface area (TPSA) is 56.2 Å². The summed E-state index contributed by atoms with van der Waals surface area (Å²) in [5, 5.41) is 0.578. The lowest BCUT2D eigenvalue weighted by Crippen LogP contribution is -2.09. The second-order valence-corrected chi connectivity index (χ2v) is 4.79. The number of rotatable bonds is 4. The monoisotopic (exact) mass is 283 g/mol. The quantitative estimate of drug-likeness (QED) is 0.747. The number of hydrogen-bond donors (Lipinski definition) is 1. The maximum atomic E-state index is 13.6. The average Bonchev–Trinajstić information content (AvgIpc) is 2.93. The summed E-state index contributed by atoms with van der Waals surface area (Å²) in [6.07, 6.45) is 0.608. The highest BCUT2D eigenvalue weighted by Gasteiger charge is 2.18. The first-order valence-corrected chi connectivity index (χ1v) is 6.71. The van der Waals surface area contributed by atoms with E-state index >= 15 is 0 Å². The largest absolute Gasteiger partial charge is 0.449 e. The first-order chi connectivity index (χ1) is 10.2. The molecule has 0 spiro atoms. The zero-order valence-electron chi connectivity index (χ0n) is 11.3. The third-order valence-corrected chi connectivity index (χ3v) is 3.40. The Kier molecular flexibility index (Phi) is 3.54. The van der Waals surface area contributed by atoms with E-state index in [1.165, 1.54) is 6.07 Å². The number of carbonyl (C=O) groups excluding carboxylic acids is 1. The van der Waals surface area contributed by atoms with Gasteiger partial charge in [-0.3, -0.25) is 4.79 Å². The number of hydrogen-bond acceptors (Lipinski definition) is 3. The molecule has 106 valence electrons. The molecule has 0 saturated heterocycles. The second kappa shape index (κ2) is 5.50. The van der Waals surface area contributed by atoms with Gasteiger partial charge in [-0.25, -0.2) is 4.39 Å². The van der Waals surface area contributed by atoms with Crippen molar-refractivity contribution in [3.63, 3.8) is 0 Å². The van der Waals surface area contributed by atoms with Crippen molar-refractivity contribution in [1.29, 1.82) is 0 Å². The van der Waals surface area contributed by atoms with Crippen LogP contribution < -0.4 is 5.73 Å². The van der Waals surface area contributed by atoms with Gasteiger partial charge in [0.05, 0.1) is 0 Å². The first kappa shape index (κ1) is 13.5. The van der Waals surface area contributed by atoms with Crippen LogP contribution in [-0.4, -0.2) is 12.3 Å². The molecule has 3 aromatic rings. The van der Waals surface area contributed by atoms with Gasteiger partial charge in [-0.2, -0.15) is 0 Å². The molecule has 0 aliphatic rings. The molecule has 0 bridgehead atoms. The molecule has 21 heavy (non-hydrogen) atoms. The molecular weight excluding hydrogens is 269 g/mol. The van der Waals surface area contributed by atoms with Crippen LogP contribution in [0.5, 0.6) is 0 Å². The Labute approximate surface area is 121 Å². The lowest BCUT2D eigenvalue weighted by Gasteiger charge is -2.05. The van der Waals surface area contributed by atoms with Crippen LogP contribution in [0.25, 0.3) is 11.0 Å². The molecule has 0 aliphatic heterocycles. The Morgan fingerprint density at radius 3 is 2.71 bits per heavy atom. The summed E-state index contributed by atoms with van der Waals surface area (Å²) in [5.74, 6) is -0.587. The molecule has 0 atom stereocenters. The Bertz CT molecular complexity index is 807. The maximum absolute atomic E-state index is 13.6. The number of halogens is 1. The molecule has 2 aromatic carbocycles. The van der Waals surface area contributed by atoms with Crippen molar-refractivity contribution in [2.45, 2.75) is 6.42 Å². The molecule has 1 aromatic heterocycles. The van der Waals surface area contributed by atoms with E-state index in [9.17, 15) is 9.18 Å². The molecule has 0 aliphatic carbocycles. The van der Waals surface area contributed by atoms with Crippen molar-refractivity contribution >= 4 is 16.8 Å². The standard InChI is InChI=1S/C17H14FNO2/c18-14-7-3-5-12-10-15(21-17(12)14)16(20)13-6-2-1-4-11(13)8-9-19/h1-7,10H,8-9,19H2. The van der Waals surface area contributed by atoms with Crippen molar-refractivity contribution in [3.8, 4) is 0 Å². The fraction of sp³-hybridized carbons (Fsp3) is 0.118. The SMILES string of the molecule is NCCc1ccccc1C(=O)c1cc2cccc(F)c2o1. The van der Waals surface area contributed by atoms with Crippen LogP contribution in [0, 0.1) is 5.82 Å². The third-order valence-electron chi connectivity index (χ3n) is 3.40. The fourth-order valence-corrected chi connectivity index (χ4v) is 2.39. The summed E-state index contributed by atoms with van der Waals surface area (Å²) in [4.78, 5) is 12.6. The summed E-state index contributed by atoms with van der Waals surface area (Å²) >= 11 is 0. The number of furan rings is 1. The minimum absolute atomic E-state index is 0.108. The van der Waals surface area contributed by atoms with E-state index in [1.54, 1.807) is 30.3 Å². The van der Waals surface area contributed by atoms with Gasteiger partial charge >= 0.3 is 0 Å². The Morgan fingerprint density at radius 1 is 1.14 bits per heavy atom. The highest BCUT2D eigenvalue weighted by Crippen LogP contribution is 2.24. The minimum atomic E-state index is -0.471. The van der Waals surface area contributed by atoms with Gasteiger partial charge in [0.25, 0.3) is 0 Å². The van der Waals surface area contributed by atoms with E-state index in [-0.39, 0.29) is 17.1 Å². The van der Waals surface area contributed by atoms with Gasteiger partial charge in [0.2, 0.25) is 5.78 Å². The van der Waals surface area contributed by atoms with E-state index in [1.807, 2.05) is 12.1 Å². The van der Waals surface area contributed by atoms with Gasteiger partial charge in [-0.1, -0.05) is 36.4 Å².